The molecule has 3 nitrogen and oxygen atoms in total. The molecule has 2 aromatic rings. The molecule has 1 aliphatic carbocycles. The van der Waals surface area contributed by atoms with Crippen LogP contribution >= 0.6 is 15.9 Å². The number of benzene rings is 1. The Morgan fingerprint density at radius 1 is 1.25 bits per heavy atom. The number of pyridine rings is 1. The van der Waals surface area contributed by atoms with E-state index >= 15 is 0 Å². The van der Waals surface area contributed by atoms with Crippen LogP contribution in [-0.4, -0.2) is 29.3 Å². The first-order valence-corrected chi connectivity index (χ1v) is 7.85. The van der Waals surface area contributed by atoms with Gasteiger partial charge in [-0.3, -0.25) is 0 Å². The molecule has 0 bridgehead atoms. The number of halogens is 1. The van der Waals surface area contributed by atoms with Gasteiger partial charge in [-0.15, -0.1) is 0 Å². The van der Waals surface area contributed by atoms with Gasteiger partial charge in [0.25, 0.3) is 0 Å². The molecule has 0 spiro atoms. The van der Waals surface area contributed by atoms with Crippen LogP contribution in [0.1, 0.15) is 25.7 Å². The van der Waals surface area contributed by atoms with Crippen molar-refractivity contribution in [3.05, 3.63) is 34.9 Å². The maximum Gasteiger partial charge on any atom is 0.136 e. The lowest BCUT2D eigenvalue weighted by atomic mass is 10.0. The third-order valence-corrected chi connectivity index (χ3v) is 4.85. The molecule has 0 amide bonds. The number of rotatable bonds is 3. The smallest absolute Gasteiger partial charge is 0.136 e. The highest BCUT2D eigenvalue weighted by molar-refractivity contribution is 9.10. The van der Waals surface area contributed by atoms with E-state index in [1.807, 2.05) is 31.4 Å². The van der Waals surface area contributed by atoms with E-state index < -0.39 is 5.60 Å². The molecule has 1 aliphatic rings. The quantitative estimate of drug-likeness (QED) is 0.928. The first-order valence-electron chi connectivity index (χ1n) is 7.06. The number of likely N-dealkylation sites (N-methyl/N-ethyl adjacent to an activating group) is 1. The lowest BCUT2D eigenvalue weighted by molar-refractivity contribution is 0.0558. The van der Waals surface area contributed by atoms with Gasteiger partial charge in [0.1, 0.15) is 5.82 Å². The minimum Gasteiger partial charge on any atom is -0.388 e. The van der Waals surface area contributed by atoms with Crippen molar-refractivity contribution in [1.82, 2.24) is 4.98 Å². The highest BCUT2D eigenvalue weighted by Crippen LogP contribution is 2.33. The molecule has 1 fully saturated rings. The molecule has 1 saturated carbocycles. The molecule has 1 aromatic carbocycles. The van der Waals surface area contributed by atoms with Gasteiger partial charge in [0.05, 0.1) is 5.60 Å². The van der Waals surface area contributed by atoms with Crippen LogP contribution < -0.4 is 4.90 Å². The molecule has 0 unspecified atom stereocenters. The first kappa shape index (κ1) is 13.8. The number of nitrogens with zero attached hydrogens (tertiary/aromatic N) is 2. The number of aliphatic hydroxyl groups is 1. The fraction of sp³-hybridized carbons (Fsp3) is 0.438. The monoisotopic (exact) mass is 334 g/mol. The Labute approximate surface area is 127 Å². The first-order chi connectivity index (χ1) is 9.59. The molecular weight excluding hydrogens is 316 g/mol. The van der Waals surface area contributed by atoms with Gasteiger partial charge in [0.15, 0.2) is 0 Å². The second-order valence-corrected chi connectivity index (χ2v) is 6.61. The molecule has 0 atom stereocenters. The number of aromatic nitrogens is 1. The topological polar surface area (TPSA) is 36.4 Å². The number of anilines is 1. The maximum absolute atomic E-state index is 10.6. The highest BCUT2D eigenvalue weighted by atomic mass is 79.9. The SMILES string of the molecule is CN(CC1(O)CCCC1)c1nccc2c(Br)cccc12. The van der Waals surface area contributed by atoms with Crippen molar-refractivity contribution in [2.45, 2.75) is 31.3 Å². The van der Waals surface area contributed by atoms with Gasteiger partial charge in [-0.2, -0.15) is 0 Å². The second-order valence-electron chi connectivity index (χ2n) is 5.76. The third kappa shape index (κ3) is 2.54. The average molecular weight is 335 g/mol. The van der Waals surface area contributed by atoms with E-state index in [9.17, 15) is 5.11 Å². The van der Waals surface area contributed by atoms with Gasteiger partial charge in [-0.1, -0.05) is 40.9 Å². The Morgan fingerprint density at radius 3 is 2.75 bits per heavy atom. The van der Waals surface area contributed by atoms with Crippen LogP contribution in [0.25, 0.3) is 10.8 Å². The molecule has 1 heterocycles. The van der Waals surface area contributed by atoms with Crippen LogP contribution in [-0.2, 0) is 0 Å². The minimum atomic E-state index is -0.551. The number of hydrogen-bond donors (Lipinski definition) is 1. The van der Waals surface area contributed by atoms with Crippen LogP contribution in [0.15, 0.2) is 34.9 Å². The fourth-order valence-corrected chi connectivity index (χ4v) is 3.66. The lowest BCUT2D eigenvalue weighted by Crippen LogP contribution is -2.39. The van der Waals surface area contributed by atoms with Gasteiger partial charge in [-0.25, -0.2) is 4.98 Å². The lowest BCUT2D eigenvalue weighted by Gasteiger charge is -2.30. The Morgan fingerprint density at radius 2 is 2.00 bits per heavy atom. The van der Waals surface area contributed by atoms with Crippen molar-refractivity contribution in [1.29, 1.82) is 0 Å². The predicted octanol–water partition coefficient (Wildman–Crippen LogP) is 3.74. The van der Waals surface area contributed by atoms with Crippen LogP contribution in [0.5, 0.6) is 0 Å². The van der Waals surface area contributed by atoms with E-state index in [0.29, 0.717) is 6.54 Å². The summed E-state index contributed by atoms with van der Waals surface area (Å²) in [5.74, 6) is 0.934. The zero-order valence-electron chi connectivity index (χ0n) is 11.6. The summed E-state index contributed by atoms with van der Waals surface area (Å²) in [4.78, 5) is 6.60. The zero-order chi connectivity index (χ0) is 14.2. The summed E-state index contributed by atoms with van der Waals surface area (Å²) in [5.41, 5.74) is -0.551. The summed E-state index contributed by atoms with van der Waals surface area (Å²) in [7, 11) is 2.01. The maximum atomic E-state index is 10.6. The van der Waals surface area contributed by atoms with Crippen LogP contribution in [0.4, 0.5) is 5.82 Å². The second kappa shape index (κ2) is 5.34. The largest absolute Gasteiger partial charge is 0.388 e. The highest BCUT2D eigenvalue weighted by Gasteiger charge is 2.32. The standard InChI is InChI=1S/C16H19BrN2O/c1-19(11-16(20)8-2-3-9-16)15-13-5-4-6-14(17)12(13)7-10-18-15/h4-7,10,20H,2-3,8-9,11H2,1H3. The Hall–Kier alpha value is -1.13. The van der Waals surface area contributed by atoms with Gasteiger partial charge in [0.2, 0.25) is 0 Å². The molecule has 3 rings (SSSR count). The number of fused-ring (bicyclic) bond motifs is 1. The average Bonchev–Trinajstić information content (AvgIpc) is 2.85. The van der Waals surface area contributed by atoms with E-state index in [-0.39, 0.29) is 0 Å². The van der Waals surface area contributed by atoms with Crippen molar-refractivity contribution in [2.75, 3.05) is 18.5 Å². The number of hydrogen-bond acceptors (Lipinski definition) is 3. The summed E-state index contributed by atoms with van der Waals surface area (Å²) in [6.45, 7) is 0.644. The Bertz CT molecular complexity index is 623. The predicted molar refractivity (Wildman–Crippen MR) is 86.1 cm³/mol. The normalized spacial score (nSPS) is 17.6. The van der Waals surface area contributed by atoms with Crippen molar-refractivity contribution < 1.29 is 5.11 Å². The van der Waals surface area contributed by atoms with Gasteiger partial charge in [0, 0.05) is 35.0 Å². The van der Waals surface area contributed by atoms with Crippen LogP contribution in [0.2, 0.25) is 0 Å². The van der Waals surface area contributed by atoms with Crippen LogP contribution in [0, 0.1) is 0 Å². The minimum absolute atomic E-state index is 0.551. The molecule has 0 aliphatic heterocycles. The van der Waals surface area contributed by atoms with Gasteiger partial charge in [-0.05, 0) is 25.0 Å². The summed E-state index contributed by atoms with van der Waals surface area (Å²) >= 11 is 3.58. The van der Waals surface area contributed by atoms with E-state index in [1.54, 1.807) is 0 Å². The van der Waals surface area contributed by atoms with Crippen LogP contribution in [0.3, 0.4) is 0 Å². The summed E-state index contributed by atoms with van der Waals surface area (Å²) in [5, 5.41) is 12.8. The third-order valence-electron chi connectivity index (χ3n) is 4.16. The van der Waals surface area contributed by atoms with E-state index in [0.717, 1.165) is 46.7 Å². The van der Waals surface area contributed by atoms with E-state index in [4.69, 9.17) is 0 Å². The van der Waals surface area contributed by atoms with Gasteiger partial charge < -0.3 is 10.0 Å². The van der Waals surface area contributed by atoms with Crippen molar-refractivity contribution >= 4 is 32.5 Å². The summed E-state index contributed by atoms with van der Waals surface area (Å²) in [6.07, 6.45) is 5.87. The van der Waals surface area contributed by atoms with Gasteiger partial charge >= 0.3 is 0 Å². The zero-order valence-corrected chi connectivity index (χ0v) is 13.2. The fourth-order valence-electron chi connectivity index (χ4n) is 3.17. The molecule has 0 radical (unpaired) electrons. The molecule has 106 valence electrons. The van der Waals surface area contributed by atoms with Crippen molar-refractivity contribution in [2.24, 2.45) is 0 Å². The molecule has 0 saturated heterocycles. The molecule has 4 heteroatoms. The van der Waals surface area contributed by atoms with Crippen molar-refractivity contribution in [3.63, 3.8) is 0 Å². The van der Waals surface area contributed by atoms with E-state index in [1.165, 1.54) is 0 Å². The molecule has 20 heavy (non-hydrogen) atoms. The summed E-state index contributed by atoms with van der Waals surface area (Å²) < 4.78 is 1.08. The Balaban J connectivity index is 1.95. The van der Waals surface area contributed by atoms with Crippen molar-refractivity contribution in [3.8, 4) is 0 Å². The molecule has 1 aromatic heterocycles. The molecular formula is C16H19BrN2O. The molecule has 1 N–H and O–H groups in total. The van der Waals surface area contributed by atoms with E-state index in [2.05, 4.69) is 31.9 Å². The Kier molecular flexibility index (Phi) is 3.69. The summed E-state index contributed by atoms with van der Waals surface area (Å²) in [6, 6.07) is 8.16.